The molecular formula is C8H11F3N4O. The number of alkyl halides is 3. The van der Waals surface area contributed by atoms with Crippen LogP contribution in [0.3, 0.4) is 0 Å². The maximum absolute atomic E-state index is 11.7. The molecule has 0 saturated carbocycles. The van der Waals surface area contributed by atoms with E-state index in [1.54, 1.807) is 6.92 Å². The van der Waals surface area contributed by atoms with Crippen molar-refractivity contribution in [3.63, 3.8) is 0 Å². The first-order valence-electron chi connectivity index (χ1n) is 4.48. The number of anilines is 1. The second-order valence-electron chi connectivity index (χ2n) is 3.07. The summed E-state index contributed by atoms with van der Waals surface area (Å²) in [6, 6.07) is 0. The molecular weight excluding hydrogens is 225 g/mol. The van der Waals surface area contributed by atoms with E-state index in [0.29, 0.717) is 11.6 Å². The van der Waals surface area contributed by atoms with Crippen molar-refractivity contribution in [2.24, 2.45) is 0 Å². The number of nitrogen functional groups attached to an aromatic ring is 1. The summed E-state index contributed by atoms with van der Waals surface area (Å²) in [6.45, 7) is 0.243. The molecule has 2 N–H and O–H groups in total. The molecule has 1 heterocycles. The van der Waals surface area contributed by atoms with Gasteiger partial charge >= 0.3 is 6.18 Å². The van der Waals surface area contributed by atoms with Gasteiger partial charge in [0.15, 0.2) is 0 Å². The Morgan fingerprint density at radius 3 is 2.50 bits per heavy atom. The van der Waals surface area contributed by atoms with Crippen molar-refractivity contribution >= 4 is 5.95 Å². The molecule has 0 atom stereocenters. The fraction of sp³-hybridized carbons (Fsp3) is 0.625. The van der Waals surface area contributed by atoms with Crippen molar-refractivity contribution in [3.8, 4) is 0 Å². The van der Waals surface area contributed by atoms with E-state index in [-0.39, 0.29) is 19.0 Å². The number of ether oxygens (including phenoxy) is 1. The van der Waals surface area contributed by atoms with E-state index in [4.69, 9.17) is 5.73 Å². The Kier molecular flexibility index (Phi) is 3.99. The molecule has 0 saturated heterocycles. The highest BCUT2D eigenvalue weighted by molar-refractivity contribution is 5.15. The number of aromatic nitrogens is 3. The number of rotatable bonds is 4. The average Bonchev–Trinajstić information content (AvgIpc) is 2.09. The summed E-state index contributed by atoms with van der Waals surface area (Å²) in [6.07, 6.45) is -4.14. The summed E-state index contributed by atoms with van der Waals surface area (Å²) >= 11 is 0. The van der Waals surface area contributed by atoms with Crippen LogP contribution in [0.5, 0.6) is 0 Å². The number of hydrogen-bond acceptors (Lipinski definition) is 5. The number of aryl methyl sites for hydroxylation is 1. The summed E-state index contributed by atoms with van der Waals surface area (Å²) in [5.41, 5.74) is 5.35. The topological polar surface area (TPSA) is 73.9 Å². The molecule has 0 radical (unpaired) electrons. The van der Waals surface area contributed by atoms with E-state index in [1.165, 1.54) is 0 Å². The Balaban J connectivity index is 2.37. The van der Waals surface area contributed by atoms with Crippen LogP contribution in [-0.2, 0) is 11.2 Å². The van der Waals surface area contributed by atoms with Gasteiger partial charge in [-0.3, -0.25) is 0 Å². The van der Waals surface area contributed by atoms with Gasteiger partial charge in [-0.15, -0.1) is 0 Å². The van der Waals surface area contributed by atoms with Gasteiger partial charge in [0.05, 0.1) is 6.61 Å². The molecule has 5 nitrogen and oxygen atoms in total. The lowest BCUT2D eigenvalue weighted by atomic mass is 10.4. The van der Waals surface area contributed by atoms with E-state index in [2.05, 4.69) is 19.7 Å². The predicted molar refractivity (Wildman–Crippen MR) is 49.6 cm³/mol. The van der Waals surface area contributed by atoms with Crippen LogP contribution in [0, 0.1) is 6.92 Å². The van der Waals surface area contributed by atoms with Crippen LogP contribution < -0.4 is 5.73 Å². The van der Waals surface area contributed by atoms with Gasteiger partial charge in [-0.05, 0) is 6.92 Å². The second-order valence-corrected chi connectivity index (χ2v) is 3.07. The predicted octanol–water partition coefficient (Wildman–Crippen LogP) is 0.884. The number of nitrogens with zero attached hydrogens (tertiary/aromatic N) is 3. The van der Waals surface area contributed by atoms with E-state index >= 15 is 0 Å². The molecule has 1 rings (SSSR count). The summed E-state index contributed by atoms with van der Waals surface area (Å²) in [5.74, 6) is 0.809. The third-order valence-corrected chi connectivity index (χ3v) is 1.55. The van der Waals surface area contributed by atoms with Crippen LogP contribution >= 0.6 is 0 Å². The first-order valence-corrected chi connectivity index (χ1v) is 4.48. The summed E-state index contributed by atoms with van der Waals surface area (Å²) in [5, 5.41) is 0. The Morgan fingerprint density at radius 1 is 1.25 bits per heavy atom. The molecule has 0 fully saturated rings. The lowest BCUT2D eigenvalue weighted by molar-refractivity contribution is -0.173. The molecule has 8 heteroatoms. The fourth-order valence-electron chi connectivity index (χ4n) is 1.02. The first-order chi connectivity index (χ1) is 7.37. The van der Waals surface area contributed by atoms with Crippen LogP contribution in [0.15, 0.2) is 0 Å². The van der Waals surface area contributed by atoms with Crippen molar-refractivity contribution < 1.29 is 17.9 Å². The summed E-state index contributed by atoms with van der Waals surface area (Å²) in [4.78, 5) is 11.4. The first kappa shape index (κ1) is 12.6. The minimum absolute atomic E-state index is 0.0540. The van der Waals surface area contributed by atoms with Crippen molar-refractivity contribution in [1.82, 2.24) is 15.0 Å². The quantitative estimate of drug-likeness (QED) is 0.785. The third kappa shape index (κ3) is 4.87. The lowest BCUT2D eigenvalue weighted by Crippen LogP contribution is -2.18. The Labute approximate surface area is 89.9 Å². The molecule has 1 aromatic rings. The summed E-state index contributed by atoms with van der Waals surface area (Å²) in [7, 11) is 0. The molecule has 0 unspecified atom stereocenters. The van der Waals surface area contributed by atoms with Crippen molar-refractivity contribution in [2.45, 2.75) is 19.5 Å². The van der Waals surface area contributed by atoms with Gasteiger partial charge in [0.1, 0.15) is 18.3 Å². The van der Waals surface area contributed by atoms with Gasteiger partial charge in [0.25, 0.3) is 0 Å². The van der Waals surface area contributed by atoms with Crippen LogP contribution in [-0.4, -0.2) is 34.3 Å². The highest BCUT2D eigenvalue weighted by Gasteiger charge is 2.27. The summed E-state index contributed by atoms with van der Waals surface area (Å²) < 4.78 is 39.6. The van der Waals surface area contributed by atoms with Crippen LogP contribution in [0.25, 0.3) is 0 Å². The molecule has 0 aliphatic rings. The number of halogens is 3. The monoisotopic (exact) mass is 236 g/mol. The zero-order valence-electron chi connectivity index (χ0n) is 8.58. The zero-order valence-corrected chi connectivity index (χ0v) is 8.58. The Morgan fingerprint density at radius 2 is 1.94 bits per heavy atom. The Bertz CT molecular complexity index is 335. The molecule has 90 valence electrons. The molecule has 16 heavy (non-hydrogen) atoms. The third-order valence-electron chi connectivity index (χ3n) is 1.55. The van der Waals surface area contributed by atoms with E-state index in [0.717, 1.165) is 0 Å². The van der Waals surface area contributed by atoms with Gasteiger partial charge in [0.2, 0.25) is 5.95 Å². The Hall–Kier alpha value is -1.44. The number of nitrogens with two attached hydrogens (primary N) is 1. The normalized spacial score (nSPS) is 11.8. The second kappa shape index (κ2) is 5.06. The SMILES string of the molecule is Cc1nc(N)nc(CCOCC(F)(F)F)n1. The average molecular weight is 236 g/mol. The minimum Gasteiger partial charge on any atom is -0.372 e. The minimum atomic E-state index is -4.31. The lowest BCUT2D eigenvalue weighted by Gasteiger charge is -2.07. The number of hydrogen-bond donors (Lipinski definition) is 1. The highest BCUT2D eigenvalue weighted by atomic mass is 19.4. The highest BCUT2D eigenvalue weighted by Crippen LogP contribution is 2.14. The van der Waals surface area contributed by atoms with Gasteiger partial charge in [-0.25, -0.2) is 4.98 Å². The largest absolute Gasteiger partial charge is 0.411 e. The maximum Gasteiger partial charge on any atom is 0.411 e. The van der Waals surface area contributed by atoms with Crippen molar-refractivity contribution in [1.29, 1.82) is 0 Å². The van der Waals surface area contributed by atoms with Gasteiger partial charge in [-0.2, -0.15) is 23.1 Å². The standard InChI is InChI=1S/C8H11F3N4O/c1-5-13-6(15-7(12)14-5)2-3-16-4-8(9,10)11/h2-4H2,1H3,(H2,12,13,14,15). The van der Waals surface area contributed by atoms with E-state index < -0.39 is 12.8 Å². The molecule has 0 aliphatic heterocycles. The fourth-order valence-corrected chi connectivity index (χ4v) is 1.02. The van der Waals surface area contributed by atoms with Crippen molar-refractivity contribution in [2.75, 3.05) is 18.9 Å². The van der Waals surface area contributed by atoms with Crippen LogP contribution in [0.2, 0.25) is 0 Å². The molecule has 0 aliphatic carbocycles. The van der Waals surface area contributed by atoms with Gasteiger partial charge < -0.3 is 10.5 Å². The van der Waals surface area contributed by atoms with Crippen LogP contribution in [0.4, 0.5) is 19.1 Å². The molecule has 0 amide bonds. The van der Waals surface area contributed by atoms with Crippen molar-refractivity contribution in [3.05, 3.63) is 11.6 Å². The smallest absolute Gasteiger partial charge is 0.372 e. The molecule has 0 aromatic carbocycles. The van der Waals surface area contributed by atoms with E-state index in [1.807, 2.05) is 0 Å². The maximum atomic E-state index is 11.7. The van der Waals surface area contributed by atoms with Crippen LogP contribution in [0.1, 0.15) is 11.6 Å². The zero-order chi connectivity index (χ0) is 12.2. The van der Waals surface area contributed by atoms with Gasteiger partial charge in [0, 0.05) is 6.42 Å². The molecule has 1 aromatic heterocycles. The molecule has 0 bridgehead atoms. The van der Waals surface area contributed by atoms with E-state index in [9.17, 15) is 13.2 Å². The molecule has 0 spiro atoms. The van der Waals surface area contributed by atoms with Gasteiger partial charge in [-0.1, -0.05) is 0 Å².